The minimum atomic E-state index is 0.393. The van der Waals surface area contributed by atoms with Crippen LogP contribution in [0.1, 0.15) is 50.9 Å². The molecule has 1 aromatic rings. The highest BCUT2D eigenvalue weighted by molar-refractivity contribution is 6.30. The lowest BCUT2D eigenvalue weighted by Gasteiger charge is -2.34. The Morgan fingerprint density at radius 1 is 1.41 bits per heavy atom. The fourth-order valence-corrected chi connectivity index (χ4v) is 2.96. The zero-order valence-electron chi connectivity index (χ0n) is 11.3. The van der Waals surface area contributed by atoms with Crippen molar-refractivity contribution in [2.24, 2.45) is 11.3 Å². The Kier molecular flexibility index (Phi) is 3.49. The standard InChI is InChI=1S/C15H22ClN/c1-5-10-8-11-9-12(15(2,3)4)6-7-13(11)17-14(10)16/h8,12H,5-7,9H2,1-4H3. The zero-order chi connectivity index (χ0) is 12.6. The van der Waals surface area contributed by atoms with E-state index in [4.69, 9.17) is 11.6 Å². The predicted molar refractivity (Wildman–Crippen MR) is 73.6 cm³/mol. The summed E-state index contributed by atoms with van der Waals surface area (Å²) in [6, 6.07) is 2.28. The van der Waals surface area contributed by atoms with E-state index in [9.17, 15) is 0 Å². The molecule has 0 saturated carbocycles. The molecule has 1 aliphatic rings. The van der Waals surface area contributed by atoms with Crippen molar-refractivity contribution in [3.05, 3.63) is 28.0 Å². The zero-order valence-corrected chi connectivity index (χ0v) is 12.1. The average Bonchev–Trinajstić information content (AvgIpc) is 2.26. The van der Waals surface area contributed by atoms with Gasteiger partial charge < -0.3 is 0 Å². The van der Waals surface area contributed by atoms with Gasteiger partial charge in [0.05, 0.1) is 0 Å². The van der Waals surface area contributed by atoms with Crippen LogP contribution in [0, 0.1) is 11.3 Å². The molecule has 1 nitrogen and oxygen atoms in total. The van der Waals surface area contributed by atoms with Crippen LogP contribution in [0.25, 0.3) is 0 Å². The highest BCUT2D eigenvalue weighted by atomic mass is 35.5. The number of hydrogen-bond acceptors (Lipinski definition) is 1. The summed E-state index contributed by atoms with van der Waals surface area (Å²) in [4.78, 5) is 4.57. The molecule has 0 amide bonds. The number of aryl methyl sites for hydroxylation is 2. The smallest absolute Gasteiger partial charge is 0.132 e. The summed E-state index contributed by atoms with van der Waals surface area (Å²) in [6.07, 6.45) is 4.46. The van der Waals surface area contributed by atoms with E-state index >= 15 is 0 Å². The Morgan fingerprint density at radius 3 is 2.71 bits per heavy atom. The molecule has 2 heteroatoms. The molecule has 1 atom stereocenters. The molecule has 1 unspecified atom stereocenters. The number of nitrogens with zero attached hydrogens (tertiary/aromatic N) is 1. The molecule has 17 heavy (non-hydrogen) atoms. The molecule has 1 aliphatic carbocycles. The second kappa shape index (κ2) is 4.61. The van der Waals surface area contributed by atoms with Gasteiger partial charge in [0.15, 0.2) is 0 Å². The van der Waals surface area contributed by atoms with Gasteiger partial charge in [0.1, 0.15) is 5.15 Å². The lowest BCUT2D eigenvalue weighted by atomic mass is 9.71. The number of halogens is 1. The molecule has 0 fully saturated rings. The monoisotopic (exact) mass is 251 g/mol. The number of pyridine rings is 1. The number of aromatic nitrogens is 1. The van der Waals surface area contributed by atoms with E-state index in [0.717, 1.165) is 25.2 Å². The van der Waals surface area contributed by atoms with Crippen LogP contribution < -0.4 is 0 Å². The number of fused-ring (bicyclic) bond motifs is 1. The molecular weight excluding hydrogens is 230 g/mol. The summed E-state index contributed by atoms with van der Waals surface area (Å²) in [6.45, 7) is 9.16. The molecule has 0 saturated heterocycles. The van der Waals surface area contributed by atoms with Crippen molar-refractivity contribution in [1.29, 1.82) is 0 Å². The minimum Gasteiger partial charge on any atom is -0.241 e. The first-order valence-electron chi connectivity index (χ1n) is 6.59. The van der Waals surface area contributed by atoms with Crippen LogP contribution in [0.2, 0.25) is 5.15 Å². The summed E-state index contributed by atoms with van der Waals surface area (Å²) >= 11 is 6.18. The minimum absolute atomic E-state index is 0.393. The van der Waals surface area contributed by atoms with Crippen molar-refractivity contribution in [3.8, 4) is 0 Å². The van der Waals surface area contributed by atoms with Gasteiger partial charge in [-0.1, -0.05) is 45.4 Å². The highest BCUT2D eigenvalue weighted by Gasteiger charge is 2.29. The van der Waals surface area contributed by atoms with Crippen molar-refractivity contribution < 1.29 is 0 Å². The fourth-order valence-electron chi connectivity index (χ4n) is 2.67. The van der Waals surface area contributed by atoms with Gasteiger partial charge in [-0.2, -0.15) is 0 Å². The number of rotatable bonds is 1. The molecule has 94 valence electrons. The summed E-state index contributed by atoms with van der Waals surface area (Å²) in [7, 11) is 0. The second-order valence-corrected chi connectivity index (χ2v) is 6.56. The molecule has 2 rings (SSSR count). The van der Waals surface area contributed by atoms with E-state index in [1.54, 1.807) is 0 Å². The Balaban J connectivity index is 2.31. The summed E-state index contributed by atoms with van der Waals surface area (Å²) in [5.74, 6) is 0.766. The van der Waals surface area contributed by atoms with Crippen LogP contribution in [0.4, 0.5) is 0 Å². The van der Waals surface area contributed by atoms with Crippen molar-refractivity contribution in [2.75, 3.05) is 0 Å². The molecule has 1 heterocycles. The van der Waals surface area contributed by atoms with Crippen LogP contribution >= 0.6 is 11.6 Å². The Bertz CT molecular complexity index is 418. The lowest BCUT2D eigenvalue weighted by molar-refractivity contribution is 0.215. The molecule has 0 spiro atoms. The third-order valence-corrected chi connectivity index (χ3v) is 4.35. The third-order valence-electron chi connectivity index (χ3n) is 4.02. The van der Waals surface area contributed by atoms with Crippen LogP contribution in [0.3, 0.4) is 0 Å². The molecule has 0 bridgehead atoms. The van der Waals surface area contributed by atoms with Gasteiger partial charge in [-0.25, -0.2) is 4.98 Å². The molecule has 1 aromatic heterocycles. The fraction of sp³-hybridized carbons (Fsp3) is 0.667. The van der Waals surface area contributed by atoms with Gasteiger partial charge in [-0.05, 0) is 48.1 Å². The van der Waals surface area contributed by atoms with E-state index in [1.807, 2.05) is 0 Å². The summed E-state index contributed by atoms with van der Waals surface area (Å²) in [5, 5.41) is 0.709. The maximum absolute atomic E-state index is 6.18. The number of hydrogen-bond donors (Lipinski definition) is 0. The Morgan fingerprint density at radius 2 is 2.12 bits per heavy atom. The maximum atomic E-state index is 6.18. The molecule has 0 N–H and O–H groups in total. The van der Waals surface area contributed by atoms with Gasteiger partial charge in [0, 0.05) is 5.69 Å². The largest absolute Gasteiger partial charge is 0.241 e. The topological polar surface area (TPSA) is 12.9 Å². The van der Waals surface area contributed by atoms with E-state index in [-0.39, 0.29) is 0 Å². The van der Waals surface area contributed by atoms with Gasteiger partial charge >= 0.3 is 0 Å². The van der Waals surface area contributed by atoms with Gasteiger partial charge in [-0.15, -0.1) is 0 Å². The highest BCUT2D eigenvalue weighted by Crippen LogP contribution is 2.37. The average molecular weight is 252 g/mol. The van der Waals surface area contributed by atoms with Gasteiger partial charge in [0.25, 0.3) is 0 Å². The van der Waals surface area contributed by atoms with Crippen LogP contribution in [0.15, 0.2) is 6.07 Å². The first kappa shape index (κ1) is 12.9. The first-order chi connectivity index (χ1) is 7.91. The quantitative estimate of drug-likeness (QED) is 0.672. The van der Waals surface area contributed by atoms with Gasteiger partial charge in [-0.3, -0.25) is 0 Å². The van der Waals surface area contributed by atoms with E-state index in [1.165, 1.54) is 23.2 Å². The third kappa shape index (κ3) is 2.65. The summed E-state index contributed by atoms with van der Waals surface area (Å²) < 4.78 is 0. The van der Waals surface area contributed by atoms with Crippen LogP contribution in [-0.4, -0.2) is 4.98 Å². The predicted octanol–water partition coefficient (Wildman–Crippen LogP) is 4.45. The summed E-state index contributed by atoms with van der Waals surface area (Å²) in [5.41, 5.74) is 4.24. The Labute approximate surface area is 110 Å². The van der Waals surface area contributed by atoms with Crippen molar-refractivity contribution in [1.82, 2.24) is 4.98 Å². The van der Waals surface area contributed by atoms with Gasteiger partial charge in [0.2, 0.25) is 0 Å². The van der Waals surface area contributed by atoms with Crippen LogP contribution in [0.5, 0.6) is 0 Å². The molecule has 0 aromatic carbocycles. The maximum Gasteiger partial charge on any atom is 0.132 e. The SMILES string of the molecule is CCc1cc2c(nc1Cl)CCC(C(C)(C)C)C2. The van der Waals surface area contributed by atoms with E-state index < -0.39 is 0 Å². The van der Waals surface area contributed by atoms with E-state index in [2.05, 4.69) is 38.7 Å². The molecular formula is C15H22ClN. The second-order valence-electron chi connectivity index (χ2n) is 6.20. The Hall–Kier alpha value is -0.560. The molecule has 0 radical (unpaired) electrons. The van der Waals surface area contributed by atoms with Crippen LogP contribution in [-0.2, 0) is 19.3 Å². The van der Waals surface area contributed by atoms with Crippen molar-refractivity contribution in [2.45, 2.75) is 53.4 Å². The lowest BCUT2D eigenvalue weighted by Crippen LogP contribution is -2.27. The normalized spacial score (nSPS) is 20.2. The van der Waals surface area contributed by atoms with E-state index in [0.29, 0.717) is 10.6 Å². The van der Waals surface area contributed by atoms with Crippen molar-refractivity contribution in [3.63, 3.8) is 0 Å². The first-order valence-corrected chi connectivity index (χ1v) is 6.96. The molecule has 0 aliphatic heterocycles. The van der Waals surface area contributed by atoms with Crippen molar-refractivity contribution >= 4 is 11.6 Å².